The van der Waals surface area contributed by atoms with E-state index < -0.39 is 0 Å². The molecule has 0 amide bonds. The van der Waals surface area contributed by atoms with Crippen molar-refractivity contribution in [1.29, 1.82) is 0 Å². The maximum Gasteiger partial charge on any atom is 0.227 e. The zero-order valence-corrected chi connectivity index (χ0v) is 33.9. The summed E-state index contributed by atoms with van der Waals surface area (Å²) in [7, 11) is 0. The molecule has 14 aromatic rings. The molecular weight excluding hydrogens is 793 g/mol. The molecule has 5 aromatic heterocycles. The van der Waals surface area contributed by atoms with Crippen molar-refractivity contribution in [3.05, 3.63) is 194 Å². The van der Waals surface area contributed by atoms with Crippen molar-refractivity contribution < 1.29 is 17.7 Å². The summed E-state index contributed by atoms with van der Waals surface area (Å²) in [4.78, 5) is 11.7. The second kappa shape index (κ2) is 13.3. The minimum Gasteiger partial charge on any atom is -0.456 e. The number of aromatic nitrogens is 3. The van der Waals surface area contributed by atoms with Gasteiger partial charge >= 0.3 is 0 Å². The maximum atomic E-state index is 6.71. The lowest BCUT2D eigenvalue weighted by Gasteiger charge is -2.26. The molecule has 0 saturated heterocycles. The van der Waals surface area contributed by atoms with Crippen LogP contribution in [-0.4, -0.2) is 14.5 Å². The molecule has 8 nitrogen and oxygen atoms in total. The Morgan fingerprint density at radius 2 is 0.797 bits per heavy atom. The van der Waals surface area contributed by atoms with Gasteiger partial charge in [0.15, 0.2) is 11.2 Å². The Morgan fingerprint density at radius 1 is 0.328 bits per heavy atom. The van der Waals surface area contributed by atoms with Crippen LogP contribution in [0, 0.1) is 0 Å². The van der Waals surface area contributed by atoms with Crippen LogP contribution >= 0.6 is 0 Å². The summed E-state index contributed by atoms with van der Waals surface area (Å²) < 4.78 is 27.7. The number of para-hydroxylation sites is 6. The number of fused-ring (bicyclic) bond motifs is 11. The molecular formula is C56H32N4O4. The van der Waals surface area contributed by atoms with E-state index in [1.807, 2.05) is 60.7 Å². The number of oxazole rings is 2. The third-order valence-corrected chi connectivity index (χ3v) is 12.5. The molecule has 0 atom stereocenters. The molecule has 9 aromatic carbocycles. The van der Waals surface area contributed by atoms with Gasteiger partial charge in [-0.1, -0.05) is 60.7 Å². The third kappa shape index (κ3) is 5.29. The van der Waals surface area contributed by atoms with Gasteiger partial charge in [-0.15, -0.1) is 0 Å². The normalized spacial score (nSPS) is 12.1. The summed E-state index contributed by atoms with van der Waals surface area (Å²) in [5.74, 6) is 1.15. The predicted molar refractivity (Wildman–Crippen MR) is 256 cm³/mol. The van der Waals surface area contributed by atoms with Gasteiger partial charge in [0.05, 0.1) is 11.0 Å². The number of rotatable bonds is 6. The van der Waals surface area contributed by atoms with Crippen LogP contribution in [0.25, 0.3) is 116 Å². The van der Waals surface area contributed by atoms with Gasteiger partial charge in [-0.25, -0.2) is 9.97 Å². The SMILES string of the molecule is c1ccc2oc(-c3ccc(N(c4ccc(-n5c6ccccc6c6ccccc65)cc4)c4ccc5c(c4)oc4cc6c(cc45)oc4cc(-c5nc7ccccc7o5)ccc46)cc3)nc2c1. The number of anilines is 3. The molecule has 0 unspecified atom stereocenters. The van der Waals surface area contributed by atoms with Gasteiger partial charge in [0, 0.05) is 72.3 Å². The van der Waals surface area contributed by atoms with Crippen molar-refractivity contribution in [2.75, 3.05) is 4.90 Å². The first-order valence-electron chi connectivity index (χ1n) is 21.2. The van der Waals surface area contributed by atoms with E-state index in [0.717, 1.165) is 100.0 Å². The monoisotopic (exact) mass is 824 g/mol. The zero-order valence-electron chi connectivity index (χ0n) is 33.9. The molecule has 0 radical (unpaired) electrons. The quantitative estimate of drug-likeness (QED) is 0.165. The van der Waals surface area contributed by atoms with Crippen LogP contribution in [0.3, 0.4) is 0 Å². The highest BCUT2D eigenvalue weighted by Gasteiger charge is 2.20. The molecule has 0 fully saturated rings. The van der Waals surface area contributed by atoms with E-state index in [-0.39, 0.29) is 0 Å². The second-order valence-corrected chi connectivity index (χ2v) is 16.2. The Labute approximate surface area is 363 Å². The molecule has 0 aliphatic heterocycles. The van der Waals surface area contributed by atoms with Crippen molar-refractivity contribution in [3.8, 4) is 28.6 Å². The number of benzene rings is 9. The molecule has 0 saturated carbocycles. The number of hydrogen-bond acceptors (Lipinski definition) is 7. The van der Waals surface area contributed by atoms with Gasteiger partial charge in [0.1, 0.15) is 33.4 Å². The molecule has 300 valence electrons. The van der Waals surface area contributed by atoms with E-state index >= 15 is 0 Å². The Balaban J connectivity index is 0.873. The number of hydrogen-bond donors (Lipinski definition) is 0. The van der Waals surface area contributed by atoms with Crippen LogP contribution in [0.15, 0.2) is 212 Å². The van der Waals surface area contributed by atoms with Crippen LogP contribution in [0.5, 0.6) is 0 Å². The Morgan fingerprint density at radius 3 is 1.41 bits per heavy atom. The average Bonchev–Trinajstić information content (AvgIpc) is 4.18. The molecule has 0 aliphatic rings. The fourth-order valence-corrected chi connectivity index (χ4v) is 9.45. The van der Waals surface area contributed by atoms with Gasteiger partial charge in [0.25, 0.3) is 0 Å². The maximum absolute atomic E-state index is 6.71. The molecule has 0 aliphatic carbocycles. The van der Waals surface area contributed by atoms with Gasteiger partial charge < -0.3 is 27.1 Å². The molecule has 64 heavy (non-hydrogen) atoms. The highest BCUT2D eigenvalue weighted by Crippen LogP contribution is 2.43. The fraction of sp³-hybridized carbons (Fsp3) is 0. The van der Waals surface area contributed by atoms with Crippen molar-refractivity contribution in [1.82, 2.24) is 14.5 Å². The lowest BCUT2D eigenvalue weighted by Crippen LogP contribution is -2.10. The van der Waals surface area contributed by atoms with Crippen molar-refractivity contribution in [2.24, 2.45) is 0 Å². The second-order valence-electron chi connectivity index (χ2n) is 16.2. The first-order chi connectivity index (χ1) is 31.7. The summed E-state index contributed by atoms with van der Waals surface area (Å²) in [6.07, 6.45) is 0. The van der Waals surface area contributed by atoms with E-state index in [1.165, 1.54) is 21.8 Å². The molecule has 0 bridgehead atoms. The van der Waals surface area contributed by atoms with E-state index in [0.29, 0.717) is 11.8 Å². The van der Waals surface area contributed by atoms with Crippen molar-refractivity contribution in [2.45, 2.75) is 0 Å². The van der Waals surface area contributed by atoms with Crippen LogP contribution in [0.1, 0.15) is 0 Å². The molecule has 14 rings (SSSR count). The highest BCUT2D eigenvalue weighted by atomic mass is 16.4. The minimum atomic E-state index is 0.561. The summed E-state index contributed by atoms with van der Waals surface area (Å²) in [6, 6.07) is 66.6. The fourth-order valence-electron chi connectivity index (χ4n) is 9.45. The minimum absolute atomic E-state index is 0.561. The van der Waals surface area contributed by atoms with Crippen LogP contribution in [-0.2, 0) is 0 Å². The molecule has 0 N–H and O–H groups in total. The first kappa shape index (κ1) is 34.8. The Hall–Kier alpha value is -8.88. The van der Waals surface area contributed by atoms with Gasteiger partial charge in [-0.2, -0.15) is 0 Å². The summed E-state index contributed by atoms with van der Waals surface area (Å²) in [5, 5.41) is 6.42. The van der Waals surface area contributed by atoms with E-state index in [2.05, 4.69) is 143 Å². The van der Waals surface area contributed by atoms with Gasteiger partial charge in [-0.3, -0.25) is 0 Å². The highest BCUT2D eigenvalue weighted by molar-refractivity contribution is 6.15. The topological polar surface area (TPSA) is 86.5 Å². The van der Waals surface area contributed by atoms with E-state index in [4.69, 9.17) is 27.6 Å². The largest absolute Gasteiger partial charge is 0.456 e. The van der Waals surface area contributed by atoms with E-state index in [9.17, 15) is 0 Å². The zero-order chi connectivity index (χ0) is 41.9. The summed E-state index contributed by atoms with van der Waals surface area (Å²) in [5.41, 5.74) is 14.4. The molecule has 0 spiro atoms. The van der Waals surface area contributed by atoms with E-state index in [1.54, 1.807) is 0 Å². The summed E-state index contributed by atoms with van der Waals surface area (Å²) >= 11 is 0. The number of nitrogens with zero attached hydrogens (tertiary/aromatic N) is 4. The average molecular weight is 825 g/mol. The lowest BCUT2D eigenvalue weighted by molar-refractivity contribution is 0.619. The number of furan rings is 2. The predicted octanol–water partition coefficient (Wildman–Crippen LogP) is 15.7. The van der Waals surface area contributed by atoms with Crippen molar-refractivity contribution in [3.63, 3.8) is 0 Å². The van der Waals surface area contributed by atoms with Crippen LogP contribution in [0.4, 0.5) is 17.1 Å². The summed E-state index contributed by atoms with van der Waals surface area (Å²) in [6.45, 7) is 0. The Bertz CT molecular complexity index is 4030. The standard InChI is InChI=1S/C56H32N4O4/c1-5-13-47-39(9-1)40-10-2-6-14-48(40)60(47)37-24-22-36(23-25-37)59(35-20-17-33(18-21-35)55-57-45-11-3-7-15-49(45)63-55)38-26-28-42-44-32-53-43(31-54(44)62-52(42)30-38)41-27-19-34(29-51(41)61-53)56-58-46-12-4-8-16-50(46)64-56/h1-32H. The molecule has 8 heteroatoms. The third-order valence-electron chi connectivity index (χ3n) is 12.5. The molecule has 5 heterocycles. The first-order valence-corrected chi connectivity index (χ1v) is 21.2. The lowest BCUT2D eigenvalue weighted by atomic mass is 10.1. The van der Waals surface area contributed by atoms with Crippen LogP contribution < -0.4 is 4.90 Å². The van der Waals surface area contributed by atoms with Gasteiger partial charge in [0.2, 0.25) is 11.8 Å². The van der Waals surface area contributed by atoms with Crippen LogP contribution in [0.2, 0.25) is 0 Å². The smallest absolute Gasteiger partial charge is 0.227 e. The van der Waals surface area contributed by atoms with Gasteiger partial charge in [-0.05, 0) is 127 Å². The van der Waals surface area contributed by atoms with Crippen molar-refractivity contribution >= 4 is 105 Å². The Kier molecular flexibility index (Phi) is 7.23.